The molecule has 0 radical (unpaired) electrons. The highest BCUT2D eigenvalue weighted by atomic mass is 32.2. The molecule has 2 aromatic carbocycles. The Morgan fingerprint density at radius 3 is 2.12 bits per heavy atom. The van der Waals surface area contributed by atoms with Crippen LogP contribution in [0.15, 0.2) is 59.5 Å². The summed E-state index contributed by atoms with van der Waals surface area (Å²) in [7, 11) is -3.62. The van der Waals surface area contributed by atoms with Crippen molar-refractivity contribution in [1.29, 1.82) is 0 Å². The van der Waals surface area contributed by atoms with Gasteiger partial charge in [0, 0.05) is 18.7 Å². The SMILES string of the molecule is CCCN(CCC)S(=O)(=O)c1ccc(C(=O)NNC(=O)OCCC(C)c2ccccc2)cc1. The molecular formula is C24H33N3O5S. The number of amides is 2. The average Bonchev–Trinajstić information content (AvgIpc) is 2.83. The van der Waals surface area contributed by atoms with Gasteiger partial charge >= 0.3 is 6.09 Å². The summed E-state index contributed by atoms with van der Waals surface area (Å²) in [5.41, 5.74) is 5.84. The molecule has 9 heteroatoms. The third-order valence-corrected chi connectivity index (χ3v) is 7.04. The van der Waals surface area contributed by atoms with Crippen molar-refractivity contribution in [2.75, 3.05) is 19.7 Å². The van der Waals surface area contributed by atoms with Gasteiger partial charge in [-0.2, -0.15) is 4.31 Å². The second-order valence-electron chi connectivity index (χ2n) is 7.74. The Labute approximate surface area is 196 Å². The summed E-state index contributed by atoms with van der Waals surface area (Å²) in [6.45, 7) is 6.98. The van der Waals surface area contributed by atoms with Gasteiger partial charge in [0.2, 0.25) is 10.0 Å². The van der Waals surface area contributed by atoms with Crippen LogP contribution in [0.3, 0.4) is 0 Å². The van der Waals surface area contributed by atoms with Crippen LogP contribution >= 0.6 is 0 Å². The normalized spacial score (nSPS) is 12.2. The van der Waals surface area contributed by atoms with Gasteiger partial charge in [-0.05, 0) is 55.0 Å². The number of hydrogen-bond acceptors (Lipinski definition) is 5. The molecule has 2 amide bonds. The predicted octanol–water partition coefficient (Wildman–Crippen LogP) is 4.06. The van der Waals surface area contributed by atoms with Crippen LogP contribution in [-0.2, 0) is 14.8 Å². The number of hydrogen-bond donors (Lipinski definition) is 2. The molecule has 0 aromatic heterocycles. The molecule has 1 atom stereocenters. The zero-order valence-corrected chi connectivity index (χ0v) is 20.2. The van der Waals surface area contributed by atoms with E-state index in [0.717, 1.165) is 5.56 Å². The van der Waals surface area contributed by atoms with Crippen molar-refractivity contribution in [3.05, 3.63) is 65.7 Å². The number of nitrogens with one attached hydrogen (secondary N) is 2. The monoisotopic (exact) mass is 475 g/mol. The van der Waals surface area contributed by atoms with E-state index in [2.05, 4.69) is 10.9 Å². The van der Waals surface area contributed by atoms with Crippen molar-refractivity contribution >= 4 is 22.0 Å². The Morgan fingerprint density at radius 1 is 0.939 bits per heavy atom. The Morgan fingerprint density at radius 2 is 1.55 bits per heavy atom. The van der Waals surface area contributed by atoms with E-state index in [0.29, 0.717) is 32.4 Å². The molecule has 33 heavy (non-hydrogen) atoms. The molecule has 1 unspecified atom stereocenters. The molecule has 2 aromatic rings. The van der Waals surface area contributed by atoms with Gasteiger partial charge in [0.25, 0.3) is 5.91 Å². The molecule has 0 saturated carbocycles. The molecule has 0 spiro atoms. The van der Waals surface area contributed by atoms with Crippen LogP contribution in [0.2, 0.25) is 0 Å². The number of nitrogens with zero attached hydrogens (tertiary/aromatic N) is 1. The van der Waals surface area contributed by atoms with Crippen LogP contribution in [0.4, 0.5) is 4.79 Å². The van der Waals surface area contributed by atoms with Gasteiger partial charge in [0.1, 0.15) is 0 Å². The van der Waals surface area contributed by atoms with Crippen molar-refractivity contribution in [3.8, 4) is 0 Å². The first-order valence-electron chi connectivity index (χ1n) is 11.2. The highest BCUT2D eigenvalue weighted by molar-refractivity contribution is 7.89. The van der Waals surface area contributed by atoms with Gasteiger partial charge in [-0.15, -0.1) is 0 Å². The minimum Gasteiger partial charge on any atom is -0.448 e. The predicted molar refractivity (Wildman–Crippen MR) is 127 cm³/mol. The first-order chi connectivity index (χ1) is 15.8. The van der Waals surface area contributed by atoms with Crippen molar-refractivity contribution < 1.29 is 22.7 Å². The molecule has 2 N–H and O–H groups in total. The first-order valence-corrected chi connectivity index (χ1v) is 12.6. The molecule has 180 valence electrons. The fourth-order valence-corrected chi connectivity index (χ4v) is 4.90. The Kier molecular flexibility index (Phi) is 10.3. The van der Waals surface area contributed by atoms with Gasteiger partial charge in [0.15, 0.2) is 0 Å². The molecule has 0 aliphatic carbocycles. The average molecular weight is 476 g/mol. The lowest BCUT2D eigenvalue weighted by molar-refractivity contribution is 0.0907. The fraction of sp³-hybridized carbons (Fsp3) is 0.417. The molecule has 0 fully saturated rings. The molecule has 2 rings (SSSR count). The third kappa shape index (κ3) is 7.87. The van der Waals surface area contributed by atoms with E-state index in [9.17, 15) is 18.0 Å². The molecule has 8 nitrogen and oxygen atoms in total. The lowest BCUT2D eigenvalue weighted by Gasteiger charge is -2.21. The number of hydrazine groups is 1. The van der Waals surface area contributed by atoms with Crippen LogP contribution in [0.5, 0.6) is 0 Å². The Bertz CT molecular complexity index is 989. The number of sulfonamides is 1. The molecule has 0 heterocycles. The van der Waals surface area contributed by atoms with Crippen LogP contribution < -0.4 is 10.9 Å². The Balaban J connectivity index is 1.83. The van der Waals surface area contributed by atoms with Gasteiger partial charge in [-0.1, -0.05) is 51.1 Å². The first kappa shape index (κ1) is 26.3. The molecule has 0 aliphatic heterocycles. The smallest absolute Gasteiger partial charge is 0.426 e. The van der Waals surface area contributed by atoms with Crippen LogP contribution in [0.25, 0.3) is 0 Å². The van der Waals surface area contributed by atoms with E-state index in [-0.39, 0.29) is 23.0 Å². The van der Waals surface area contributed by atoms with E-state index in [1.165, 1.54) is 28.6 Å². The second-order valence-corrected chi connectivity index (χ2v) is 9.68. The molecule has 0 aliphatic rings. The summed E-state index contributed by atoms with van der Waals surface area (Å²) >= 11 is 0. The van der Waals surface area contributed by atoms with E-state index in [1.807, 2.05) is 51.1 Å². The maximum Gasteiger partial charge on any atom is 0.426 e. The zero-order valence-electron chi connectivity index (χ0n) is 19.4. The van der Waals surface area contributed by atoms with Crippen molar-refractivity contribution in [1.82, 2.24) is 15.2 Å². The standard InChI is InChI=1S/C24H33N3O5S/c1-4-16-27(17-5-2)33(30,31)22-13-11-21(12-14-22)23(28)25-26-24(29)32-18-15-19(3)20-9-7-6-8-10-20/h6-14,19H,4-5,15-18H2,1-3H3,(H,25,28)(H,26,29). The van der Waals surface area contributed by atoms with Gasteiger partial charge < -0.3 is 4.74 Å². The van der Waals surface area contributed by atoms with Gasteiger partial charge in [0.05, 0.1) is 11.5 Å². The number of ether oxygens (including phenoxy) is 1. The second kappa shape index (κ2) is 13.0. The van der Waals surface area contributed by atoms with E-state index < -0.39 is 22.0 Å². The lowest BCUT2D eigenvalue weighted by atomic mass is 9.98. The summed E-state index contributed by atoms with van der Waals surface area (Å²) in [6, 6.07) is 15.5. The summed E-state index contributed by atoms with van der Waals surface area (Å²) in [4.78, 5) is 24.2. The molecular weight excluding hydrogens is 442 g/mol. The summed E-state index contributed by atoms with van der Waals surface area (Å²) in [6.07, 6.45) is 1.31. The van der Waals surface area contributed by atoms with Crippen LogP contribution in [0, 0.1) is 0 Å². The van der Waals surface area contributed by atoms with E-state index in [1.54, 1.807) is 0 Å². The van der Waals surface area contributed by atoms with Crippen LogP contribution in [-0.4, -0.2) is 44.4 Å². The van der Waals surface area contributed by atoms with Gasteiger partial charge in [-0.3, -0.25) is 10.2 Å². The summed E-state index contributed by atoms with van der Waals surface area (Å²) in [5.74, 6) is -0.346. The largest absolute Gasteiger partial charge is 0.448 e. The highest BCUT2D eigenvalue weighted by Crippen LogP contribution is 2.19. The number of benzene rings is 2. The lowest BCUT2D eigenvalue weighted by Crippen LogP contribution is -2.42. The maximum absolute atomic E-state index is 12.8. The minimum atomic E-state index is -3.62. The maximum atomic E-state index is 12.8. The zero-order chi connectivity index (χ0) is 24.3. The third-order valence-electron chi connectivity index (χ3n) is 5.13. The highest BCUT2D eigenvalue weighted by Gasteiger charge is 2.23. The number of carbonyl (C=O) groups is 2. The quantitative estimate of drug-likeness (QED) is 0.477. The van der Waals surface area contributed by atoms with Gasteiger partial charge in [-0.25, -0.2) is 18.6 Å². The van der Waals surface area contributed by atoms with Crippen molar-refractivity contribution in [2.45, 2.75) is 50.8 Å². The van der Waals surface area contributed by atoms with Crippen LogP contribution in [0.1, 0.15) is 61.9 Å². The summed E-state index contributed by atoms with van der Waals surface area (Å²) in [5, 5.41) is 0. The molecule has 0 saturated heterocycles. The molecule has 0 bridgehead atoms. The van der Waals surface area contributed by atoms with Crippen molar-refractivity contribution in [2.24, 2.45) is 0 Å². The van der Waals surface area contributed by atoms with Crippen molar-refractivity contribution in [3.63, 3.8) is 0 Å². The Hall–Kier alpha value is -2.91. The number of rotatable bonds is 11. The minimum absolute atomic E-state index is 0.126. The number of carbonyl (C=O) groups excluding carboxylic acids is 2. The summed E-state index contributed by atoms with van der Waals surface area (Å²) < 4.78 is 32.1. The fourth-order valence-electron chi connectivity index (χ4n) is 3.27. The topological polar surface area (TPSA) is 105 Å². The van der Waals surface area contributed by atoms with E-state index in [4.69, 9.17) is 4.74 Å². The van der Waals surface area contributed by atoms with E-state index >= 15 is 0 Å².